The van der Waals surface area contributed by atoms with Crippen LogP contribution in [-0.2, 0) is 11.2 Å². The number of carbonyl (C=O) groups is 1. The summed E-state index contributed by atoms with van der Waals surface area (Å²) in [6.45, 7) is 12.5. The van der Waals surface area contributed by atoms with Crippen molar-refractivity contribution in [3.05, 3.63) is 28.7 Å². The molecule has 0 bridgehead atoms. The average Bonchev–Trinajstić information content (AvgIpc) is 2.85. The van der Waals surface area contributed by atoms with E-state index in [9.17, 15) is 4.79 Å². The van der Waals surface area contributed by atoms with Crippen LogP contribution in [0, 0.1) is 26.7 Å². The summed E-state index contributed by atoms with van der Waals surface area (Å²) >= 11 is 0. The molecule has 0 saturated carbocycles. The van der Waals surface area contributed by atoms with Gasteiger partial charge in [-0.3, -0.25) is 4.79 Å². The third kappa shape index (κ3) is 4.56. The first kappa shape index (κ1) is 18.4. The van der Waals surface area contributed by atoms with E-state index in [0.29, 0.717) is 18.8 Å². The van der Waals surface area contributed by atoms with Gasteiger partial charge in [0, 0.05) is 29.9 Å². The highest BCUT2D eigenvalue weighted by Gasteiger charge is 2.14. The van der Waals surface area contributed by atoms with Crippen molar-refractivity contribution in [2.24, 2.45) is 5.92 Å². The smallest absolute Gasteiger partial charge is 0.220 e. The Kier molecular flexibility index (Phi) is 5.97. The van der Waals surface area contributed by atoms with Crippen LogP contribution in [0.5, 0.6) is 0 Å². The fraction of sp³-hybridized carbons (Fsp3) is 0.632. The molecule has 1 amide bonds. The van der Waals surface area contributed by atoms with Crippen LogP contribution in [0.4, 0.5) is 0 Å². The first-order valence-corrected chi connectivity index (χ1v) is 8.89. The van der Waals surface area contributed by atoms with Gasteiger partial charge in [0.05, 0.1) is 5.69 Å². The molecule has 24 heavy (non-hydrogen) atoms. The minimum absolute atomic E-state index is 0.113. The molecule has 0 aliphatic heterocycles. The van der Waals surface area contributed by atoms with Gasteiger partial charge >= 0.3 is 0 Å². The summed E-state index contributed by atoms with van der Waals surface area (Å²) in [5.74, 6) is 0.784. The Labute approximate surface area is 144 Å². The molecule has 0 spiro atoms. The van der Waals surface area contributed by atoms with Crippen LogP contribution in [0.2, 0.25) is 0 Å². The average molecular weight is 330 g/mol. The molecule has 5 heteroatoms. The molecule has 1 atom stereocenters. The monoisotopic (exact) mass is 330 g/mol. The van der Waals surface area contributed by atoms with Gasteiger partial charge < -0.3 is 5.32 Å². The highest BCUT2D eigenvalue weighted by Crippen LogP contribution is 2.17. The lowest BCUT2D eigenvalue weighted by molar-refractivity contribution is -0.121. The van der Waals surface area contributed by atoms with Crippen molar-refractivity contribution in [1.29, 1.82) is 0 Å². The van der Waals surface area contributed by atoms with Crippen molar-refractivity contribution in [3.63, 3.8) is 0 Å². The van der Waals surface area contributed by atoms with Crippen LogP contribution in [0.1, 0.15) is 62.7 Å². The quantitative estimate of drug-likeness (QED) is 0.845. The molecule has 0 aliphatic carbocycles. The Morgan fingerprint density at radius 1 is 1.21 bits per heavy atom. The molecule has 2 rings (SSSR count). The molecule has 2 aromatic rings. The molecule has 0 radical (unpaired) electrons. The number of hydrogen-bond donors (Lipinski definition) is 1. The zero-order valence-electron chi connectivity index (χ0n) is 15.8. The van der Waals surface area contributed by atoms with Crippen molar-refractivity contribution >= 4 is 11.6 Å². The molecule has 132 valence electrons. The molecule has 0 saturated heterocycles. The van der Waals surface area contributed by atoms with E-state index in [1.54, 1.807) is 0 Å². The summed E-state index contributed by atoms with van der Waals surface area (Å²) in [5.41, 5.74) is 5.01. The summed E-state index contributed by atoms with van der Waals surface area (Å²) in [6.07, 6.45) is 3.35. The first-order valence-electron chi connectivity index (χ1n) is 8.89. The van der Waals surface area contributed by atoms with E-state index >= 15 is 0 Å². The zero-order chi connectivity index (χ0) is 17.9. The molecule has 1 N–H and O–H groups in total. The van der Waals surface area contributed by atoms with Crippen LogP contribution in [-0.4, -0.2) is 26.5 Å². The lowest BCUT2D eigenvalue weighted by atomic mass is 10.0. The van der Waals surface area contributed by atoms with Crippen LogP contribution >= 0.6 is 0 Å². The Morgan fingerprint density at radius 3 is 2.58 bits per heavy atom. The summed E-state index contributed by atoms with van der Waals surface area (Å²) in [4.78, 5) is 16.8. The number of aromatic nitrogens is 3. The first-order chi connectivity index (χ1) is 11.3. The van der Waals surface area contributed by atoms with Gasteiger partial charge in [-0.1, -0.05) is 13.8 Å². The number of hydrogen-bond acceptors (Lipinski definition) is 3. The molecular weight excluding hydrogens is 300 g/mol. The minimum Gasteiger partial charge on any atom is -0.354 e. The maximum absolute atomic E-state index is 12.2. The second-order valence-electron chi connectivity index (χ2n) is 7.26. The van der Waals surface area contributed by atoms with Gasteiger partial charge in [0.2, 0.25) is 5.91 Å². The normalized spacial score (nSPS) is 12.8. The van der Waals surface area contributed by atoms with Crippen molar-refractivity contribution in [2.75, 3.05) is 0 Å². The number of fused-ring (bicyclic) bond motifs is 1. The highest BCUT2D eigenvalue weighted by molar-refractivity contribution is 5.76. The van der Waals surface area contributed by atoms with Crippen molar-refractivity contribution in [2.45, 2.75) is 73.3 Å². The number of carbonyl (C=O) groups excluding carboxylic acids is 1. The van der Waals surface area contributed by atoms with Crippen LogP contribution in [0.15, 0.2) is 6.07 Å². The van der Waals surface area contributed by atoms with Crippen LogP contribution < -0.4 is 5.32 Å². The molecule has 2 aromatic heterocycles. The predicted octanol–water partition coefficient (Wildman–Crippen LogP) is 3.53. The van der Waals surface area contributed by atoms with E-state index in [1.165, 1.54) is 0 Å². The van der Waals surface area contributed by atoms with Gasteiger partial charge in [0.25, 0.3) is 0 Å². The topological polar surface area (TPSA) is 59.3 Å². The zero-order valence-corrected chi connectivity index (χ0v) is 15.8. The predicted molar refractivity (Wildman–Crippen MR) is 97.2 cm³/mol. The minimum atomic E-state index is 0.113. The lowest BCUT2D eigenvalue weighted by Gasteiger charge is -2.16. The van der Waals surface area contributed by atoms with Gasteiger partial charge in [0.1, 0.15) is 0 Å². The number of amides is 1. The molecule has 0 aromatic carbocycles. The maximum atomic E-state index is 12.2. The van der Waals surface area contributed by atoms with E-state index in [0.717, 1.165) is 41.1 Å². The lowest BCUT2D eigenvalue weighted by Crippen LogP contribution is -2.33. The van der Waals surface area contributed by atoms with E-state index in [4.69, 9.17) is 0 Å². The second kappa shape index (κ2) is 7.77. The Bertz CT molecular complexity index is 718. The van der Waals surface area contributed by atoms with Gasteiger partial charge in [-0.2, -0.15) is 5.10 Å². The van der Waals surface area contributed by atoms with Gasteiger partial charge in [-0.05, 0) is 58.4 Å². The number of rotatable bonds is 7. The standard InChI is InChI=1S/C19H30N4O/c1-12(2)7-8-13(3)20-19(24)10-9-17-15(5)21-18-11-14(4)22-23(18)16(17)6/h11-13H,7-10H2,1-6H3,(H,20,24). The summed E-state index contributed by atoms with van der Waals surface area (Å²) in [5, 5.41) is 7.59. The number of aryl methyl sites for hydroxylation is 3. The fourth-order valence-corrected chi connectivity index (χ4v) is 3.04. The van der Waals surface area contributed by atoms with E-state index in [2.05, 4.69) is 36.2 Å². The van der Waals surface area contributed by atoms with Crippen molar-refractivity contribution in [1.82, 2.24) is 19.9 Å². The Hall–Kier alpha value is -1.91. The van der Waals surface area contributed by atoms with Gasteiger partial charge in [-0.15, -0.1) is 0 Å². The second-order valence-corrected chi connectivity index (χ2v) is 7.26. The summed E-state index contributed by atoms with van der Waals surface area (Å²) in [7, 11) is 0. The SMILES string of the molecule is Cc1cc2nc(C)c(CCC(=O)NC(C)CCC(C)C)c(C)n2n1. The molecule has 0 aliphatic rings. The molecule has 5 nitrogen and oxygen atoms in total. The van der Waals surface area contributed by atoms with Crippen molar-refractivity contribution < 1.29 is 4.79 Å². The Morgan fingerprint density at radius 2 is 1.92 bits per heavy atom. The maximum Gasteiger partial charge on any atom is 0.220 e. The van der Waals surface area contributed by atoms with E-state index in [1.807, 2.05) is 31.4 Å². The fourth-order valence-electron chi connectivity index (χ4n) is 3.04. The number of nitrogens with zero attached hydrogens (tertiary/aromatic N) is 3. The van der Waals surface area contributed by atoms with Gasteiger partial charge in [-0.25, -0.2) is 9.50 Å². The van der Waals surface area contributed by atoms with Gasteiger partial charge in [0.15, 0.2) is 5.65 Å². The summed E-state index contributed by atoms with van der Waals surface area (Å²) < 4.78 is 1.88. The van der Waals surface area contributed by atoms with Crippen LogP contribution in [0.25, 0.3) is 5.65 Å². The third-order valence-corrected chi connectivity index (χ3v) is 4.47. The molecule has 1 unspecified atom stereocenters. The molecular formula is C19H30N4O. The Balaban J connectivity index is 1.99. The largest absolute Gasteiger partial charge is 0.354 e. The molecule has 0 fully saturated rings. The number of nitrogens with one attached hydrogen (secondary N) is 1. The van der Waals surface area contributed by atoms with E-state index < -0.39 is 0 Å². The van der Waals surface area contributed by atoms with E-state index in [-0.39, 0.29) is 11.9 Å². The van der Waals surface area contributed by atoms with Crippen LogP contribution in [0.3, 0.4) is 0 Å². The summed E-state index contributed by atoms with van der Waals surface area (Å²) in [6, 6.07) is 2.21. The molecule has 2 heterocycles. The third-order valence-electron chi connectivity index (χ3n) is 4.47. The van der Waals surface area contributed by atoms with Crippen molar-refractivity contribution in [3.8, 4) is 0 Å². The highest BCUT2D eigenvalue weighted by atomic mass is 16.1.